The summed E-state index contributed by atoms with van der Waals surface area (Å²) in [6, 6.07) is 5.74. The first-order valence-corrected chi connectivity index (χ1v) is 7.52. The maximum Gasteiger partial charge on any atom is 0.226 e. The molecule has 1 heterocycles. The zero-order valence-corrected chi connectivity index (χ0v) is 13.3. The fourth-order valence-corrected chi connectivity index (χ4v) is 2.41. The number of fused-ring (bicyclic) bond motifs is 1. The Bertz CT molecular complexity index is 691. The summed E-state index contributed by atoms with van der Waals surface area (Å²) in [6.45, 7) is 6.83. The standard InChI is InChI=1S/C16H22N4O2/c1-4-9-20-11(2)18-14-10-13(5-6-15(14)20)19-16(22)7-8-17-12(3)21/h5-6,10H,4,7-9H2,1-3H3,(H,17,21)(H,19,22). The lowest BCUT2D eigenvalue weighted by atomic mass is 10.2. The first-order valence-electron chi connectivity index (χ1n) is 7.52. The molecule has 0 spiro atoms. The van der Waals surface area contributed by atoms with Crippen LogP contribution in [0.3, 0.4) is 0 Å². The summed E-state index contributed by atoms with van der Waals surface area (Å²) in [4.78, 5) is 27.1. The lowest BCUT2D eigenvalue weighted by Gasteiger charge is -2.07. The Balaban J connectivity index is 2.06. The third-order valence-electron chi connectivity index (χ3n) is 3.40. The van der Waals surface area contributed by atoms with Gasteiger partial charge in [-0.2, -0.15) is 0 Å². The first kappa shape index (κ1) is 16.0. The normalized spacial score (nSPS) is 10.7. The molecule has 0 aliphatic carbocycles. The number of hydrogen-bond acceptors (Lipinski definition) is 3. The molecule has 0 fully saturated rings. The summed E-state index contributed by atoms with van der Waals surface area (Å²) in [5, 5.41) is 5.43. The van der Waals surface area contributed by atoms with Crippen LogP contribution in [0, 0.1) is 6.92 Å². The van der Waals surface area contributed by atoms with Gasteiger partial charge in [-0.3, -0.25) is 9.59 Å². The van der Waals surface area contributed by atoms with Crippen LogP contribution in [-0.4, -0.2) is 27.9 Å². The van der Waals surface area contributed by atoms with Crippen molar-refractivity contribution >= 4 is 28.5 Å². The summed E-state index contributed by atoms with van der Waals surface area (Å²) in [7, 11) is 0. The number of nitrogens with one attached hydrogen (secondary N) is 2. The molecule has 2 aromatic rings. The first-order chi connectivity index (χ1) is 10.5. The van der Waals surface area contributed by atoms with E-state index in [1.165, 1.54) is 6.92 Å². The van der Waals surface area contributed by atoms with Gasteiger partial charge in [0.15, 0.2) is 0 Å². The molecule has 0 radical (unpaired) electrons. The van der Waals surface area contributed by atoms with Crippen LogP contribution < -0.4 is 10.6 Å². The summed E-state index contributed by atoms with van der Waals surface area (Å²) >= 11 is 0. The van der Waals surface area contributed by atoms with Crippen LogP contribution in [0.5, 0.6) is 0 Å². The second kappa shape index (κ2) is 7.06. The van der Waals surface area contributed by atoms with E-state index in [9.17, 15) is 9.59 Å². The monoisotopic (exact) mass is 302 g/mol. The Morgan fingerprint density at radius 1 is 1.32 bits per heavy atom. The fourth-order valence-electron chi connectivity index (χ4n) is 2.41. The van der Waals surface area contributed by atoms with Gasteiger partial charge in [0.1, 0.15) is 5.82 Å². The Morgan fingerprint density at radius 2 is 2.09 bits per heavy atom. The van der Waals surface area contributed by atoms with E-state index in [1.807, 2.05) is 25.1 Å². The quantitative estimate of drug-likeness (QED) is 0.859. The molecular formula is C16H22N4O2. The number of aromatic nitrogens is 2. The van der Waals surface area contributed by atoms with E-state index in [0.717, 1.165) is 35.5 Å². The number of hydrogen-bond donors (Lipinski definition) is 2. The molecule has 118 valence electrons. The predicted molar refractivity (Wildman–Crippen MR) is 86.7 cm³/mol. The zero-order valence-electron chi connectivity index (χ0n) is 13.3. The van der Waals surface area contributed by atoms with Gasteiger partial charge in [-0.1, -0.05) is 6.92 Å². The fraction of sp³-hybridized carbons (Fsp3) is 0.438. The van der Waals surface area contributed by atoms with E-state index in [-0.39, 0.29) is 18.2 Å². The molecule has 2 amide bonds. The van der Waals surface area contributed by atoms with Crippen molar-refractivity contribution in [2.45, 2.75) is 40.2 Å². The van der Waals surface area contributed by atoms with Crippen molar-refractivity contribution < 1.29 is 9.59 Å². The molecule has 0 aliphatic heterocycles. The molecule has 2 N–H and O–H groups in total. The van der Waals surface area contributed by atoms with Gasteiger partial charge >= 0.3 is 0 Å². The van der Waals surface area contributed by atoms with Gasteiger partial charge < -0.3 is 15.2 Å². The third kappa shape index (κ3) is 3.84. The van der Waals surface area contributed by atoms with Crippen molar-refractivity contribution in [1.82, 2.24) is 14.9 Å². The molecule has 22 heavy (non-hydrogen) atoms. The van der Waals surface area contributed by atoms with Crippen LogP contribution >= 0.6 is 0 Å². The molecular weight excluding hydrogens is 280 g/mol. The van der Waals surface area contributed by atoms with Gasteiger partial charge in [0, 0.05) is 32.1 Å². The van der Waals surface area contributed by atoms with E-state index in [2.05, 4.69) is 27.1 Å². The second-order valence-electron chi connectivity index (χ2n) is 5.30. The summed E-state index contributed by atoms with van der Waals surface area (Å²) in [5.41, 5.74) is 2.68. The van der Waals surface area contributed by atoms with Crippen LogP contribution in [0.2, 0.25) is 0 Å². The Labute approximate surface area is 129 Å². The smallest absolute Gasteiger partial charge is 0.226 e. The summed E-state index contributed by atoms with van der Waals surface area (Å²) in [6.07, 6.45) is 1.30. The molecule has 0 saturated carbocycles. The van der Waals surface area contributed by atoms with Crippen LogP contribution in [0.25, 0.3) is 11.0 Å². The molecule has 0 saturated heterocycles. The SMILES string of the molecule is CCCn1c(C)nc2cc(NC(=O)CCNC(C)=O)ccc21. The van der Waals surface area contributed by atoms with Crippen LogP contribution in [0.4, 0.5) is 5.69 Å². The lowest BCUT2D eigenvalue weighted by Crippen LogP contribution is -2.25. The number of nitrogens with zero attached hydrogens (tertiary/aromatic N) is 2. The molecule has 0 bridgehead atoms. The van der Waals surface area contributed by atoms with Gasteiger partial charge in [0.05, 0.1) is 11.0 Å². The summed E-state index contributed by atoms with van der Waals surface area (Å²) < 4.78 is 2.18. The average molecular weight is 302 g/mol. The van der Waals surface area contributed by atoms with E-state index in [0.29, 0.717) is 6.54 Å². The number of rotatable bonds is 6. The zero-order chi connectivity index (χ0) is 16.1. The third-order valence-corrected chi connectivity index (χ3v) is 3.40. The number of imidazole rings is 1. The maximum atomic E-state index is 11.8. The summed E-state index contributed by atoms with van der Waals surface area (Å²) in [5.74, 6) is 0.718. The van der Waals surface area contributed by atoms with E-state index in [1.54, 1.807) is 0 Å². The maximum absolute atomic E-state index is 11.8. The van der Waals surface area contributed by atoms with Gasteiger partial charge in [-0.05, 0) is 31.5 Å². The van der Waals surface area contributed by atoms with Crippen molar-refractivity contribution in [2.75, 3.05) is 11.9 Å². The Hall–Kier alpha value is -2.37. The number of carbonyl (C=O) groups excluding carboxylic acids is 2. The number of amides is 2. The minimum absolute atomic E-state index is 0.127. The highest BCUT2D eigenvalue weighted by atomic mass is 16.2. The van der Waals surface area contributed by atoms with Gasteiger partial charge in [0.25, 0.3) is 0 Å². The lowest BCUT2D eigenvalue weighted by molar-refractivity contribution is -0.119. The molecule has 6 nitrogen and oxygen atoms in total. The largest absolute Gasteiger partial charge is 0.356 e. The van der Waals surface area contributed by atoms with E-state index >= 15 is 0 Å². The topological polar surface area (TPSA) is 76.0 Å². The molecule has 6 heteroatoms. The highest BCUT2D eigenvalue weighted by Gasteiger charge is 2.09. The van der Waals surface area contributed by atoms with Gasteiger partial charge in [-0.25, -0.2) is 4.98 Å². The second-order valence-corrected chi connectivity index (χ2v) is 5.30. The Kier molecular flexibility index (Phi) is 5.14. The minimum Gasteiger partial charge on any atom is -0.356 e. The van der Waals surface area contributed by atoms with Crippen molar-refractivity contribution in [3.8, 4) is 0 Å². The minimum atomic E-state index is -0.133. The van der Waals surface area contributed by atoms with Crippen molar-refractivity contribution in [1.29, 1.82) is 0 Å². The molecule has 1 aromatic carbocycles. The van der Waals surface area contributed by atoms with Gasteiger partial charge in [-0.15, -0.1) is 0 Å². The predicted octanol–water partition coefficient (Wildman–Crippen LogP) is 2.22. The van der Waals surface area contributed by atoms with Crippen molar-refractivity contribution in [3.63, 3.8) is 0 Å². The highest BCUT2D eigenvalue weighted by molar-refractivity contribution is 5.93. The molecule has 0 unspecified atom stereocenters. The van der Waals surface area contributed by atoms with E-state index in [4.69, 9.17) is 0 Å². The number of aryl methyl sites for hydroxylation is 2. The van der Waals surface area contributed by atoms with Crippen molar-refractivity contribution in [2.24, 2.45) is 0 Å². The number of anilines is 1. The van der Waals surface area contributed by atoms with Crippen molar-refractivity contribution in [3.05, 3.63) is 24.0 Å². The van der Waals surface area contributed by atoms with Gasteiger partial charge in [0.2, 0.25) is 11.8 Å². The molecule has 0 atom stereocenters. The highest BCUT2D eigenvalue weighted by Crippen LogP contribution is 2.20. The van der Waals surface area contributed by atoms with Crippen LogP contribution in [-0.2, 0) is 16.1 Å². The van der Waals surface area contributed by atoms with Crippen LogP contribution in [0.15, 0.2) is 18.2 Å². The number of benzene rings is 1. The Morgan fingerprint density at radius 3 is 2.77 bits per heavy atom. The number of carbonyl (C=O) groups is 2. The average Bonchev–Trinajstić information content (AvgIpc) is 2.74. The van der Waals surface area contributed by atoms with Crippen LogP contribution in [0.1, 0.15) is 32.5 Å². The molecule has 1 aromatic heterocycles. The molecule has 0 aliphatic rings. The van der Waals surface area contributed by atoms with E-state index < -0.39 is 0 Å². The molecule has 2 rings (SSSR count).